The average Bonchev–Trinajstić information content (AvgIpc) is 3.39. The molecule has 3 aromatic rings. The summed E-state index contributed by atoms with van der Waals surface area (Å²) in [5.41, 5.74) is 1.07. The molecule has 472 valence electrons. The zero-order chi connectivity index (χ0) is 64.0. The van der Waals surface area contributed by atoms with E-state index in [0.29, 0.717) is 29.7 Å². The molecule has 7 N–H and O–H groups in total. The van der Waals surface area contributed by atoms with Crippen molar-refractivity contribution >= 4 is 53.5 Å². The van der Waals surface area contributed by atoms with Crippen molar-refractivity contribution in [2.75, 3.05) is 41.7 Å². The molecule has 0 amide bonds. The maximum atomic E-state index is 13.1. The predicted octanol–water partition coefficient (Wildman–Crippen LogP) is 6.52. The number of hydrogen-bond acceptors (Lipinski definition) is 24. The van der Waals surface area contributed by atoms with Gasteiger partial charge >= 0.3 is 17.9 Å². The first-order valence-electron chi connectivity index (χ1n) is 27.6. The zero-order valence-electron chi connectivity index (χ0n) is 49.5. The number of ether oxygens (including phenoxy) is 11. The molecule has 4 aliphatic rings. The molecule has 0 radical (unpaired) electrons. The van der Waals surface area contributed by atoms with Gasteiger partial charge in [0, 0.05) is 58.8 Å². The lowest BCUT2D eigenvalue weighted by Crippen LogP contribution is -2.32. The first-order chi connectivity index (χ1) is 41.4. The van der Waals surface area contributed by atoms with Crippen LogP contribution in [0.3, 0.4) is 0 Å². The summed E-state index contributed by atoms with van der Waals surface area (Å²) < 4.78 is 59.5. The maximum absolute atomic E-state index is 13.1. The monoisotopic (exact) mass is 1220 g/mol. The molecule has 0 unspecified atom stereocenters. The van der Waals surface area contributed by atoms with Gasteiger partial charge in [-0.1, -0.05) is 54.7 Å². The van der Waals surface area contributed by atoms with Crippen LogP contribution in [0.1, 0.15) is 121 Å². The van der Waals surface area contributed by atoms with Crippen LogP contribution in [-0.2, 0) is 52.3 Å². The highest BCUT2D eigenvalue weighted by Gasteiger charge is 2.44. The molecule has 0 saturated carbocycles. The van der Waals surface area contributed by atoms with Gasteiger partial charge in [-0.2, -0.15) is 0 Å². The summed E-state index contributed by atoms with van der Waals surface area (Å²) in [4.78, 5) is 74.4. The Labute approximate surface area is 503 Å². The van der Waals surface area contributed by atoms with E-state index >= 15 is 0 Å². The highest BCUT2D eigenvalue weighted by atomic mass is 16.8. The van der Waals surface area contributed by atoms with E-state index in [1.807, 2.05) is 6.08 Å². The Morgan fingerprint density at radius 1 is 0.460 bits per heavy atom. The fourth-order valence-corrected chi connectivity index (χ4v) is 8.75. The topological polar surface area (TPSA) is 346 Å². The Hall–Kier alpha value is -8.04. The lowest BCUT2D eigenvalue weighted by molar-refractivity contribution is -0.152. The molecule has 24 nitrogen and oxygen atoms in total. The highest BCUT2D eigenvalue weighted by molar-refractivity contribution is 5.99. The number of methoxy groups -OCH3 is 3. The minimum absolute atomic E-state index is 0.0200. The van der Waals surface area contributed by atoms with Crippen molar-refractivity contribution < 1.29 is 117 Å². The molecule has 3 aromatic carbocycles. The number of fused-ring (bicyclic) bond motifs is 4. The maximum Gasteiger partial charge on any atom is 0.342 e. The highest BCUT2D eigenvalue weighted by Crippen LogP contribution is 2.36. The number of ketones is 3. The number of esters is 3. The summed E-state index contributed by atoms with van der Waals surface area (Å²) in [6.45, 7) is 8.44. The number of cyclic esters (lactones) is 3. The third-order valence-corrected chi connectivity index (χ3v) is 13.0. The molecule has 4 aliphatic heterocycles. The van der Waals surface area contributed by atoms with Crippen LogP contribution >= 0.6 is 0 Å². The number of carbonyl (C=O) groups is 6. The van der Waals surface area contributed by atoms with Gasteiger partial charge in [0.05, 0.1) is 18.3 Å². The van der Waals surface area contributed by atoms with E-state index in [2.05, 4.69) is 0 Å². The van der Waals surface area contributed by atoms with Gasteiger partial charge in [0.15, 0.2) is 43.5 Å². The van der Waals surface area contributed by atoms with Crippen LogP contribution in [0.2, 0.25) is 0 Å². The Morgan fingerprint density at radius 2 is 0.851 bits per heavy atom. The first-order valence-corrected chi connectivity index (χ1v) is 27.6. The van der Waals surface area contributed by atoms with Crippen LogP contribution in [0.15, 0.2) is 91.1 Å². The molecule has 24 heteroatoms. The fraction of sp³-hybridized carbons (Fsp3) is 0.429. The summed E-state index contributed by atoms with van der Waals surface area (Å²) in [6, 6.07) is 8.36. The first kappa shape index (κ1) is 69.7. The van der Waals surface area contributed by atoms with Crippen LogP contribution < -0.4 is 14.2 Å². The number of phenols is 3. The third kappa shape index (κ3) is 21.1. The molecular formula is C63H76O24. The van der Waals surface area contributed by atoms with Gasteiger partial charge in [-0.15, -0.1) is 0 Å². The van der Waals surface area contributed by atoms with E-state index in [1.54, 1.807) is 58.9 Å². The van der Waals surface area contributed by atoms with Gasteiger partial charge in [0.2, 0.25) is 0 Å². The molecule has 0 bridgehead atoms. The molecule has 4 heterocycles. The van der Waals surface area contributed by atoms with E-state index in [0.717, 1.165) is 18.2 Å². The average molecular weight is 1220 g/mol. The predicted molar refractivity (Wildman–Crippen MR) is 312 cm³/mol. The molecular weight excluding hydrogens is 1140 g/mol. The van der Waals surface area contributed by atoms with Crippen molar-refractivity contribution in [2.45, 2.75) is 134 Å². The Kier molecular flexibility index (Phi) is 27.1. The standard InChI is InChI=1S/C25H32O9.C20H24O8.C18H20O7/c1-16-8-6-10-19(26)23-20(33-25(2,3)34-23)11-7-9-17-12-18(30-14-28-4)13-21(31-15-29-5)22(17)24(27)32-16;1-12-5-3-7-15(21)19(24)16(22)8-4-6-13-9-14(27-11-26-2)10-17(23)18(13)20(25)28-12;1-10-4-2-6-13(20)17(23)14(21)7-3-5-11-8-12(19)9-15(22)16(11)18(24)25-10/h6-7,9-10,12-13,16,20,23H,8,11,14-15H2,1-5H3;3-4,6-7,9-10,12,16,19,22-24H,5,8,11H2,1-2H3;2-3,5-6,8-10,14,17,19,21-23H,4,7H2,1H3/b9-7+,10-6-;6-4+,7-3-;5-3+,6-2-/t16-,20-,23+;12-,16-,19+;10-,14-,17+/m000/s1. The number of aromatic hydroxyl groups is 3. The largest absolute Gasteiger partial charge is 0.508 e. The zero-order valence-corrected chi connectivity index (χ0v) is 49.5. The number of benzene rings is 3. The number of aliphatic hydroxyl groups is 4. The third-order valence-electron chi connectivity index (χ3n) is 13.0. The number of hydrogen-bond donors (Lipinski definition) is 7. The van der Waals surface area contributed by atoms with Gasteiger partial charge in [-0.3, -0.25) is 14.4 Å². The summed E-state index contributed by atoms with van der Waals surface area (Å²) in [6.07, 6.45) is 10.1. The van der Waals surface area contributed by atoms with Crippen molar-refractivity contribution in [1.82, 2.24) is 0 Å². The molecule has 0 aromatic heterocycles. The van der Waals surface area contributed by atoms with Gasteiger partial charge in [-0.05, 0) is 107 Å². The van der Waals surface area contributed by atoms with Crippen LogP contribution in [0.25, 0.3) is 18.2 Å². The Bertz CT molecular complexity index is 3060. The van der Waals surface area contributed by atoms with Crippen molar-refractivity contribution in [3.8, 4) is 34.5 Å². The Morgan fingerprint density at radius 3 is 1.33 bits per heavy atom. The molecule has 9 atom stereocenters. The molecule has 7 rings (SSSR count). The second kappa shape index (κ2) is 33.8. The molecule has 1 fully saturated rings. The summed E-state index contributed by atoms with van der Waals surface area (Å²) in [5.74, 6) is -4.48. The second-order valence-corrected chi connectivity index (χ2v) is 20.7. The van der Waals surface area contributed by atoms with Crippen LogP contribution in [0.4, 0.5) is 0 Å². The lowest BCUT2D eigenvalue weighted by Gasteiger charge is -2.18. The van der Waals surface area contributed by atoms with Crippen molar-refractivity contribution in [1.29, 1.82) is 0 Å². The summed E-state index contributed by atoms with van der Waals surface area (Å²) >= 11 is 0. The molecule has 1 saturated heterocycles. The normalized spacial score (nSPS) is 26.7. The minimum Gasteiger partial charge on any atom is -0.508 e. The number of carbonyl (C=O) groups excluding carboxylic acids is 6. The lowest BCUT2D eigenvalue weighted by atomic mass is 10.0. The van der Waals surface area contributed by atoms with E-state index < -0.39 is 95.9 Å². The van der Waals surface area contributed by atoms with Crippen molar-refractivity contribution in [3.05, 3.63) is 124 Å². The fourth-order valence-electron chi connectivity index (χ4n) is 8.75. The Balaban J connectivity index is 0.000000241. The van der Waals surface area contributed by atoms with Crippen LogP contribution in [-0.4, -0.2) is 173 Å². The smallest absolute Gasteiger partial charge is 0.342 e. The number of rotatable bonds is 9. The van der Waals surface area contributed by atoms with Gasteiger partial charge < -0.3 is 87.9 Å². The second-order valence-electron chi connectivity index (χ2n) is 20.7. The summed E-state index contributed by atoms with van der Waals surface area (Å²) in [7, 11) is 4.44. The molecule has 87 heavy (non-hydrogen) atoms. The van der Waals surface area contributed by atoms with Crippen LogP contribution in [0, 0.1) is 0 Å². The SMILES string of the molecule is COCOc1cc(O)c2c(c1)/C=C/C[C@H](O)[C@H](O)C(=O)/C=C\C[C@H](C)OC2=O.COCOc1cc2c(c(OCOC)c1)C(=O)O[C@@H](C)C/C=C\C(=O)[C@H]1OC(C)(C)O[C@H]1C/C=C/2.C[C@H]1C/C=C\C(=O)[C@@H](O)[C@@H](O)C/C=C/c2cc(O)cc(O)c2C(=O)O1. The van der Waals surface area contributed by atoms with E-state index in [-0.39, 0.29) is 97.1 Å². The minimum atomic E-state index is -1.57. The van der Waals surface area contributed by atoms with Crippen LogP contribution in [0.5, 0.6) is 34.5 Å². The van der Waals surface area contributed by atoms with E-state index in [4.69, 9.17) is 52.1 Å². The van der Waals surface area contributed by atoms with Gasteiger partial charge in [-0.25, -0.2) is 14.4 Å². The molecule has 0 spiro atoms. The number of aliphatic hydroxyl groups excluding tert-OH is 4. The van der Waals surface area contributed by atoms with Gasteiger partial charge in [0.1, 0.15) is 87.8 Å². The van der Waals surface area contributed by atoms with E-state index in [1.165, 1.54) is 82.1 Å². The molecule has 0 aliphatic carbocycles. The number of phenolic OH excluding ortho intramolecular Hbond substituents is 3. The van der Waals surface area contributed by atoms with Crippen molar-refractivity contribution in [3.63, 3.8) is 0 Å². The quantitative estimate of drug-likeness (QED) is 0.0681. The summed E-state index contributed by atoms with van der Waals surface area (Å²) in [5, 5.41) is 69.5. The van der Waals surface area contributed by atoms with E-state index in [9.17, 15) is 64.5 Å². The van der Waals surface area contributed by atoms with Gasteiger partial charge in [0.25, 0.3) is 0 Å². The van der Waals surface area contributed by atoms with Crippen molar-refractivity contribution in [2.24, 2.45) is 0 Å².